The van der Waals surface area contributed by atoms with Crippen LogP contribution in [0.2, 0.25) is 0 Å². The lowest BCUT2D eigenvalue weighted by atomic mass is 9.99. The Hall–Kier alpha value is 0.260. The summed E-state index contributed by atoms with van der Waals surface area (Å²) in [7, 11) is 3.85. The molecule has 0 bridgehead atoms. The van der Waals surface area contributed by atoms with Gasteiger partial charge in [0.25, 0.3) is 0 Å². The van der Waals surface area contributed by atoms with Crippen molar-refractivity contribution in [3.8, 4) is 12.3 Å². The van der Waals surface area contributed by atoms with E-state index in [1.165, 1.54) is 5.75 Å². The van der Waals surface area contributed by atoms with Gasteiger partial charge in [0.05, 0.1) is 0 Å². The van der Waals surface area contributed by atoms with Crippen LogP contribution < -0.4 is 0 Å². The normalized spacial score (nSPS) is 35.6. The molecule has 0 aromatic heterocycles. The quantitative estimate of drug-likeness (QED) is 0.392. The van der Waals surface area contributed by atoms with Crippen LogP contribution in [0.25, 0.3) is 0 Å². The lowest BCUT2D eigenvalue weighted by Crippen LogP contribution is -2.17. The molecule has 50 valence electrons. The van der Waals surface area contributed by atoms with Crippen LogP contribution in [0.1, 0.15) is 6.92 Å². The maximum absolute atomic E-state index is 5.32. The largest absolute Gasteiger partial charge is 0.120 e. The van der Waals surface area contributed by atoms with Gasteiger partial charge in [-0.15, -0.1) is 12.3 Å². The molecule has 1 heterocycles. The standard InChI is InChI=1S/C7H10S2/c1-3-7-5-9-8-4-6(7)2/h1,6-7H,4-5H2,2H3. The minimum atomic E-state index is 0.524. The van der Waals surface area contributed by atoms with Crippen molar-refractivity contribution in [2.45, 2.75) is 6.92 Å². The molecule has 0 aliphatic carbocycles. The van der Waals surface area contributed by atoms with Gasteiger partial charge in [0.2, 0.25) is 0 Å². The van der Waals surface area contributed by atoms with Crippen LogP contribution in [0.5, 0.6) is 0 Å². The van der Waals surface area contributed by atoms with E-state index in [-0.39, 0.29) is 0 Å². The van der Waals surface area contributed by atoms with Gasteiger partial charge in [-0.2, -0.15) is 0 Å². The van der Waals surface area contributed by atoms with E-state index in [1.54, 1.807) is 0 Å². The van der Waals surface area contributed by atoms with Crippen LogP contribution in [0.4, 0.5) is 0 Å². The Kier molecular flexibility index (Phi) is 2.81. The molecule has 0 radical (unpaired) electrons. The number of hydrogen-bond acceptors (Lipinski definition) is 2. The third-order valence-electron chi connectivity index (χ3n) is 1.56. The topological polar surface area (TPSA) is 0 Å². The Balaban J connectivity index is 2.41. The van der Waals surface area contributed by atoms with E-state index in [4.69, 9.17) is 6.42 Å². The Bertz CT molecular complexity index is 125. The van der Waals surface area contributed by atoms with Crippen molar-refractivity contribution in [3.63, 3.8) is 0 Å². The third-order valence-corrected chi connectivity index (χ3v) is 4.20. The monoisotopic (exact) mass is 158 g/mol. The molecule has 1 aliphatic heterocycles. The molecule has 0 aromatic carbocycles. The summed E-state index contributed by atoms with van der Waals surface area (Å²) in [6.07, 6.45) is 5.32. The fourth-order valence-corrected chi connectivity index (χ4v) is 3.64. The van der Waals surface area contributed by atoms with Gasteiger partial charge in [-0.25, -0.2) is 0 Å². The van der Waals surface area contributed by atoms with Crippen molar-refractivity contribution in [3.05, 3.63) is 0 Å². The van der Waals surface area contributed by atoms with E-state index in [0.29, 0.717) is 5.92 Å². The molecular formula is C7H10S2. The highest BCUT2D eigenvalue weighted by Crippen LogP contribution is 2.35. The average molecular weight is 158 g/mol. The van der Waals surface area contributed by atoms with Crippen molar-refractivity contribution >= 4 is 21.6 Å². The predicted molar refractivity (Wildman–Crippen MR) is 46.4 cm³/mol. The molecule has 1 aliphatic rings. The summed E-state index contributed by atoms with van der Waals surface area (Å²) in [5, 5.41) is 0. The number of rotatable bonds is 0. The Morgan fingerprint density at radius 3 is 2.56 bits per heavy atom. The summed E-state index contributed by atoms with van der Waals surface area (Å²) < 4.78 is 0. The second-order valence-corrected chi connectivity index (χ2v) is 4.87. The minimum absolute atomic E-state index is 0.524. The molecule has 1 saturated heterocycles. The molecule has 0 spiro atoms. The first-order valence-corrected chi connectivity index (χ1v) is 5.54. The van der Waals surface area contributed by atoms with Gasteiger partial charge >= 0.3 is 0 Å². The van der Waals surface area contributed by atoms with Crippen molar-refractivity contribution < 1.29 is 0 Å². The second kappa shape index (κ2) is 3.43. The second-order valence-electron chi connectivity index (χ2n) is 2.32. The fourth-order valence-electron chi connectivity index (χ4n) is 0.770. The molecular weight excluding hydrogens is 148 g/mol. The zero-order chi connectivity index (χ0) is 6.69. The molecule has 1 rings (SSSR count). The lowest BCUT2D eigenvalue weighted by Gasteiger charge is -2.22. The van der Waals surface area contributed by atoms with Crippen LogP contribution in [-0.2, 0) is 0 Å². The van der Waals surface area contributed by atoms with Crippen LogP contribution in [0.3, 0.4) is 0 Å². The van der Waals surface area contributed by atoms with Gasteiger partial charge in [-0.3, -0.25) is 0 Å². The number of terminal acetylenes is 1. The highest BCUT2D eigenvalue weighted by atomic mass is 33.1. The summed E-state index contributed by atoms with van der Waals surface area (Å²) >= 11 is 0. The smallest absolute Gasteiger partial charge is 0.0332 e. The highest BCUT2D eigenvalue weighted by molar-refractivity contribution is 8.76. The zero-order valence-electron chi connectivity index (χ0n) is 5.46. The fraction of sp³-hybridized carbons (Fsp3) is 0.714. The molecule has 0 saturated carbocycles. The van der Waals surface area contributed by atoms with Crippen molar-refractivity contribution in [1.82, 2.24) is 0 Å². The van der Waals surface area contributed by atoms with Gasteiger partial charge in [-0.05, 0) is 5.92 Å². The molecule has 2 unspecified atom stereocenters. The first-order chi connectivity index (χ1) is 4.34. The van der Waals surface area contributed by atoms with Gasteiger partial charge in [0, 0.05) is 17.4 Å². The first kappa shape index (κ1) is 7.37. The minimum Gasteiger partial charge on any atom is -0.120 e. The Morgan fingerprint density at radius 1 is 1.44 bits per heavy atom. The SMILES string of the molecule is C#CC1CSSCC1C. The molecule has 9 heavy (non-hydrogen) atoms. The van der Waals surface area contributed by atoms with Crippen molar-refractivity contribution in [1.29, 1.82) is 0 Å². The molecule has 1 fully saturated rings. The maximum atomic E-state index is 5.32. The van der Waals surface area contributed by atoms with E-state index in [0.717, 1.165) is 11.7 Å². The Labute approximate surface area is 64.6 Å². The van der Waals surface area contributed by atoms with E-state index < -0.39 is 0 Å². The van der Waals surface area contributed by atoms with Crippen LogP contribution >= 0.6 is 21.6 Å². The predicted octanol–water partition coefficient (Wildman–Crippen LogP) is 2.27. The summed E-state index contributed by atoms with van der Waals surface area (Å²) in [6, 6.07) is 0. The maximum Gasteiger partial charge on any atom is 0.0332 e. The average Bonchev–Trinajstić information content (AvgIpc) is 1.89. The van der Waals surface area contributed by atoms with Gasteiger partial charge < -0.3 is 0 Å². The molecule has 0 aromatic rings. The summed E-state index contributed by atoms with van der Waals surface area (Å²) in [4.78, 5) is 0. The van der Waals surface area contributed by atoms with E-state index in [2.05, 4.69) is 12.8 Å². The molecule has 0 N–H and O–H groups in total. The van der Waals surface area contributed by atoms with Gasteiger partial charge in [-0.1, -0.05) is 28.5 Å². The van der Waals surface area contributed by atoms with Gasteiger partial charge in [0.1, 0.15) is 0 Å². The molecule has 0 amide bonds. The van der Waals surface area contributed by atoms with E-state index in [9.17, 15) is 0 Å². The summed E-state index contributed by atoms with van der Waals surface area (Å²) in [6.45, 7) is 2.23. The van der Waals surface area contributed by atoms with Crippen molar-refractivity contribution in [2.24, 2.45) is 11.8 Å². The first-order valence-electron chi connectivity index (χ1n) is 3.05. The molecule has 0 nitrogen and oxygen atoms in total. The third kappa shape index (κ3) is 1.84. The van der Waals surface area contributed by atoms with Gasteiger partial charge in [0.15, 0.2) is 0 Å². The molecule has 2 heteroatoms. The highest BCUT2D eigenvalue weighted by Gasteiger charge is 2.19. The van der Waals surface area contributed by atoms with Crippen LogP contribution in [0, 0.1) is 24.2 Å². The lowest BCUT2D eigenvalue weighted by molar-refractivity contribution is 0.535. The zero-order valence-corrected chi connectivity index (χ0v) is 7.10. The number of hydrogen-bond donors (Lipinski definition) is 0. The Morgan fingerprint density at radius 2 is 2.11 bits per heavy atom. The van der Waals surface area contributed by atoms with E-state index in [1.807, 2.05) is 21.6 Å². The summed E-state index contributed by atoms with van der Waals surface area (Å²) in [5.41, 5.74) is 0. The van der Waals surface area contributed by atoms with E-state index >= 15 is 0 Å². The van der Waals surface area contributed by atoms with Crippen LogP contribution in [0.15, 0.2) is 0 Å². The van der Waals surface area contributed by atoms with Crippen molar-refractivity contribution in [2.75, 3.05) is 11.5 Å². The van der Waals surface area contributed by atoms with Crippen LogP contribution in [-0.4, -0.2) is 11.5 Å². The molecule has 2 atom stereocenters. The summed E-state index contributed by atoms with van der Waals surface area (Å²) in [5.74, 6) is 6.43.